The van der Waals surface area contributed by atoms with Crippen molar-refractivity contribution < 1.29 is 17.9 Å². The van der Waals surface area contributed by atoms with Gasteiger partial charge in [0.2, 0.25) is 0 Å². The Bertz CT molecular complexity index is 128. The summed E-state index contributed by atoms with van der Waals surface area (Å²) in [7, 11) is 0. The van der Waals surface area contributed by atoms with Crippen LogP contribution in [0.2, 0.25) is 0 Å². The van der Waals surface area contributed by atoms with E-state index in [0.717, 1.165) is 0 Å². The van der Waals surface area contributed by atoms with E-state index in [4.69, 9.17) is 0 Å². The van der Waals surface area contributed by atoms with Crippen LogP contribution in [-0.2, 0) is 4.74 Å². The predicted molar refractivity (Wildman–Crippen MR) is 33.3 cm³/mol. The molecule has 1 N–H and O–H groups in total. The number of nitrogens with one attached hydrogen (secondary N) is 1. The number of ether oxygens (including phenoxy) is 1. The van der Waals surface area contributed by atoms with Crippen LogP contribution in [0.5, 0.6) is 0 Å². The Morgan fingerprint density at radius 1 is 1.45 bits per heavy atom. The van der Waals surface area contributed by atoms with E-state index in [9.17, 15) is 13.2 Å². The van der Waals surface area contributed by atoms with Crippen LogP contribution in [0.3, 0.4) is 0 Å². The minimum Gasteiger partial charge on any atom is -0.366 e. The van der Waals surface area contributed by atoms with Gasteiger partial charge in [-0.2, -0.15) is 13.2 Å². The first-order valence-electron chi connectivity index (χ1n) is 3.42. The molecule has 0 saturated carbocycles. The molecule has 1 aliphatic rings. The third kappa shape index (κ3) is 2.34. The molecule has 0 aliphatic carbocycles. The van der Waals surface area contributed by atoms with Gasteiger partial charge >= 0.3 is 6.18 Å². The van der Waals surface area contributed by atoms with Crippen LogP contribution in [0.1, 0.15) is 6.92 Å². The Kier molecular flexibility index (Phi) is 2.39. The highest BCUT2D eigenvalue weighted by molar-refractivity contribution is 4.77. The van der Waals surface area contributed by atoms with Crippen molar-refractivity contribution in [2.45, 2.75) is 25.2 Å². The Balaban J connectivity index is 2.39. The summed E-state index contributed by atoms with van der Waals surface area (Å²) in [6.07, 6.45) is -5.86. The molecule has 1 fully saturated rings. The Hall–Kier alpha value is -0.290. The molecule has 1 saturated heterocycles. The van der Waals surface area contributed by atoms with Gasteiger partial charge in [-0.3, -0.25) is 0 Å². The number of hydrogen-bond donors (Lipinski definition) is 1. The highest BCUT2D eigenvalue weighted by atomic mass is 19.4. The maximum absolute atomic E-state index is 11.9. The molecule has 0 amide bonds. The van der Waals surface area contributed by atoms with Crippen LogP contribution in [0.25, 0.3) is 0 Å². The van der Waals surface area contributed by atoms with E-state index in [1.54, 1.807) is 6.92 Å². The number of morpholine rings is 1. The van der Waals surface area contributed by atoms with Crippen molar-refractivity contribution >= 4 is 0 Å². The third-order valence-electron chi connectivity index (χ3n) is 1.56. The molecule has 1 aliphatic heterocycles. The molecule has 0 unspecified atom stereocenters. The van der Waals surface area contributed by atoms with Crippen LogP contribution in [-0.4, -0.2) is 31.5 Å². The molecule has 5 heteroatoms. The van der Waals surface area contributed by atoms with Gasteiger partial charge in [-0.1, -0.05) is 0 Å². The molecule has 2 nitrogen and oxygen atoms in total. The summed E-state index contributed by atoms with van der Waals surface area (Å²) >= 11 is 0. The van der Waals surface area contributed by atoms with Crippen molar-refractivity contribution in [1.29, 1.82) is 0 Å². The SMILES string of the molecule is C[C@@H]1CO[C@@H](C(F)(F)F)CN1. The third-order valence-corrected chi connectivity index (χ3v) is 1.56. The average Bonchev–Trinajstić information content (AvgIpc) is 1.86. The molecular formula is C6H10F3NO. The van der Waals surface area contributed by atoms with E-state index in [1.807, 2.05) is 0 Å². The summed E-state index contributed by atoms with van der Waals surface area (Å²) in [5.74, 6) is 0. The fraction of sp³-hybridized carbons (Fsp3) is 1.00. The van der Waals surface area contributed by atoms with Crippen molar-refractivity contribution in [1.82, 2.24) is 5.32 Å². The van der Waals surface area contributed by atoms with Crippen LogP contribution < -0.4 is 5.32 Å². The van der Waals surface area contributed by atoms with E-state index in [2.05, 4.69) is 10.1 Å². The monoisotopic (exact) mass is 169 g/mol. The first kappa shape index (κ1) is 8.80. The number of hydrogen-bond acceptors (Lipinski definition) is 2. The fourth-order valence-corrected chi connectivity index (χ4v) is 0.897. The molecule has 11 heavy (non-hydrogen) atoms. The maximum Gasteiger partial charge on any atom is 0.415 e. The van der Waals surface area contributed by atoms with E-state index in [1.165, 1.54) is 0 Å². The van der Waals surface area contributed by atoms with Crippen LogP contribution in [0.15, 0.2) is 0 Å². The van der Waals surface area contributed by atoms with Crippen molar-refractivity contribution in [3.8, 4) is 0 Å². The molecule has 0 bridgehead atoms. The van der Waals surface area contributed by atoms with E-state index >= 15 is 0 Å². The summed E-state index contributed by atoms with van der Waals surface area (Å²) in [5.41, 5.74) is 0. The molecule has 0 aromatic rings. The first-order chi connectivity index (χ1) is 5.00. The maximum atomic E-state index is 11.9. The van der Waals surface area contributed by atoms with Crippen LogP contribution in [0, 0.1) is 0 Å². The fourth-order valence-electron chi connectivity index (χ4n) is 0.897. The van der Waals surface area contributed by atoms with Gasteiger partial charge in [-0.15, -0.1) is 0 Å². The lowest BCUT2D eigenvalue weighted by atomic mass is 10.2. The normalized spacial score (nSPS) is 33.8. The van der Waals surface area contributed by atoms with E-state index in [-0.39, 0.29) is 19.2 Å². The minimum atomic E-state index is -4.23. The van der Waals surface area contributed by atoms with Crippen molar-refractivity contribution in [2.75, 3.05) is 13.2 Å². The second-order valence-electron chi connectivity index (χ2n) is 2.67. The summed E-state index contributed by atoms with van der Waals surface area (Å²) in [6, 6.07) is 0.0219. The molecule has 2 atom stereocenters. The van der Waals surface area contributed by atoms with Crippen LogP contribution in [0.4, 0.5) is 13.2 Å². The van der Waals surface area contributed by atoms with Gasteiger partial charge in [-0.25, -0.2) is 0 Å². The second-order valence-corrected chi connectivity index (χ2v) is 2.67. The molecule has 1 rings (SSSR count). The Morgan fingerprint density at radius 2 is 2.09 bits per heavy atom. The zero-order valence-electron chi connectivity index (χ0n) is 6.11. The minimum absolute atomic E-state index is 0.0219. The summed E-state index contributed by atoms with van der Waals surface area (Å²) in [4.78, 5) is 0. The Labute approximate surface area is 62.7 Å². The largest absolute Gasteiger partial charge is 0.415 e. The van der Waals surface area contributed by atoms with Crippen molar-refractivity contribution in [2.24, 2.45) is 0 Å². The number of halogens is 3. The lowest BCUT2D eigenvalue weighted by Gasteiger charge is -2.29. The zero-order chi connectivity index (χ0) is 8.48. The van der Waals surface area contributed by atoms with Gasteiger partial charge in [0.1, 0.15) is 0 Å². The zero-order valence-corrected chi connectivity index (χ0v) is 6.11. The Morgan fingerprint density at radius 3 is 2.45 bits per heavy atom. The van der Waals surface area contributed by atoms with E-state index in [0.29, 0.717) is 0 Å². The molecule has 0 aromatic carbocycles. The number of rotatable bonds is 0. The smallest absolute Gasteiger partial charge is 0.366 e. The summed E-state index contributed by atoms with van der Waals surface area (Å²) in [5, 5.41) is 2.69. The quantitative estimate of drug-likeness (QED) is 0.582. The highest BCUT2D eigenvalue weighted by Gasteiger charge is 2.42. The molecule has 0 spiro atoms. The average molecular weight is 169 g/mol. The molecule has 0 aromatic heterocycles. The molecule has 66 valence electrons. The summed E-state index contributed by atoms with van der Waals surface area (Å²) < 4.78 is 40.3. The molecular weight excluding hydrogens is 159 g/mol. The van der Waals surface area contributed by atoms with Gasteiger partial charge in [0.25, 0.3) is 0 Å². The van der Waals surface area contributed by atoms with Gasteiger partial charge in [0.15, 0.2) is 6.10 Å². The highest BCUT2D eigenvalue weighted by Crippen LogP contribution is 2.23. The van der Waals surface area contributed by atoms with Gasteiger partial charge in [-0.05, 0) is 6.92 Å². The lowest BCUT2D eigenvalue weighted by Crippen LogP contribution is -2.50. The topological polar surface area (TPSA) is 21.3 Å². The number of alkyl halides is 3. The lowest BCUT2D eigenvalue weighted by molar-refractivity contribution is -0.228. The van der Waals surface area contributed by atoms with Crippen LogP contribution >= 0.6 is 0 Å². The van der Waals surface area contributed by atoms with Crippen molar-refractivity contribution in [3.63, 3.8) is 0 Å². The predicted octanol–water partition coefficient (Wildman–Crippen LogP) is 0.926. The second kappa shape index (κ2) is 2.98. The first-order valence-corrected chi connectivity index (χ1v) is 3.42. The van der Waals surface area contributed by atoms with E-state index < -0.39 is 12.3 Å². The molecule has 1 heterocycles. The molecule has 0 radical (unpaired) electrons. The van der Waals surface area contributed by atoms with Gasteiger partial charge in [0, 0.05) is 12.6 Å². The summed E-state index contributed by atoms with van der Waals surface area (Å²) in [6.45, 7) is 1.78. The standard InChI is InChI=1S/C6H10F3NO/c1-4-3-11-5(2-10-4)6(7,8)9/h4-5,10H,2-3H2,1H3/t4-,5-/m1/s1. The van der Waals surface area contributed by atoms with Crippen molar-refractivity contribution in [3.05, 3.63) is 0 Å². The van der Waals surface area contributed by atoms with Gasteiger partial charge < -0.3 is 10.1 Å². The van der Waals surface area contributed by atoms with Gasteiger partial charge in [0.05, 0.1) is 6.61 Å².